The largest absolute Gasteiger partial charge is 0.310 e. The third-order valence-electron chi connectivity index (χ3n) is 14.4. The maximum atomic E-state index is 2.50. The second kappa shape index (κ2) is 13.8. The third-order valence-corrected chi connectivity index (χ3v) is 14.4. The van der Waals surface area contributed by atoms with E-state index in [0.29, 0.717) is 0 Å². The number of para-hydroxylation sites is 4. The van der Waals surface area contributed by atoms with Crippen LogP contribution in [0.3, 0.4) is 0 Å². The van der Waals surface area contributed by atoms with E-state index < -0.39 is 5.41 Å². The Morgan fingerprint density at radius 2 is 0.812 bits per heavy atom. The summed E-state index contributed by atoms with van der Waals surface area (Å²) in [5.41, 5.74) is 21.8. The Hall–Kier alpha value is -7.94. The van der Waals surface area contributed by atoms with E-state index in [-0.39, 0.29) is 5.41 Å². The highest BCUT2D eigenvalue weighted by Gasteiger charge is 2.52. The van der Waals surface area contributed by atoms with Gasteiger partial charge in [-0.05, 0) is 150 Å². The molecule has 3 aliphatic rings. The highest BCUT2D eigenvalue weighted by molar-refractivity contribution is 5.97. The van der Waals surface area contributed by atoms with E-state index >= 15 is 0 Å². The van der Waals surface area contributed by atoms with Gasteiger partial charge in [-0.2, -0.15) is 0 Å². The topological polar surface area (TPSA) is 6.48 Å². The summed E-state index contributed by atoms with van der Waals surface area (Å²) >= 11 is 0. The number of benzene rings is 10. The van der Waals surface area contributed by atoms with Crippen LogP contribution in [0.1, 0.15) is 47.2 Å². The molecule has 0 N–H and O–H groups in total. The van der Waals surface area contributed by atoms with Crippen LogP contribution in [-0.4, -0.2) is 0 Å². The predicted molar refractivity (Wildman–Crippen MR) is 267 cm³/mol. The van der Waals surface area contributed by atoms with Crippen LogP contribution in [0.5, 0.6) is 0 Å². The van der Waals surface area contributed by atoms with Crippen LogP contribution < -0.4 is 9.80 Å². The molecule has 0 saturated carbocycles. The van der Waals surface area contributed by atoms with E-state index in [1.54, 1.807) is 0 Å². The summed E-state index contributed by atoms with van der Waals surface area (Å²) in [5, 5.41) is 2.53. The van der Waals surface area contributed by atoms with E-state index in [9.17, 15) is 0 Å². The lowest BCUT2D eigenvalue weighted by Crippen LogP contribution is -2.36. The lowest BCUT2D eigenvalue weighted by atomic mass is 9.64. The van der Waals surface area contributed by atoms with Gasteiger partial charge in [0.25, 0.3) is 0 Å². The van der Waals surface area contributed by atoms with E-state index in [4.69, 9.17) is 0 Å². The van der Waals surface area contributed by atoms with Gasteiger partial charge in [0.1, 0.15) is 0 Å². The first kappa shape index (κ1) is 36.7. The van der Waals surface area contributed by atoms with Crippen LogP contribution in [0.2, 0.25) is 0 Å². The van der Waals surface area contributed by atoms with Crippen molar-refractivity contribution in [2.45, 2.75) is 24.7 Å². The average Bonchev–Trinajstić information content (AvgIpc) is 3.76. The van der Waals surface area contributed by atoms with Gasteiger partial charge in [0.05, 0.1) is 16.8 Å². The standard InChI is InChI=1S/C62H44N2/c1-61(2)56-38-44(43-30-29-41-17-9-10-18-42(41)37-43)31-34-50(56)51-35-32-47(39-57(51)61)63(45-19-5-3-6-20-45)48-33-36-52-49-23-11-12-24-53(49)62(58(52)40-48)54-25-13-15-27-59(54)64(46-21-7-4-8-22-46)60-28-16-14-26-55(60)62/h3-40H,1-2H3. The van der Waals surface area contributed by atoms with Gasteiger partial charge < -0.3 is 9.80 Å². The molecule has 13 rings (SSSR count). The number of anilines is 6. The van der Waals surface area contributed by atoms with E-state index in [2.05, 4.69) is 254 Å². The molecule has 2 nitrogen and oxygen atoms in total. The van der Waals surface area contributed by atoms with Gasteiger partial charge in [-0.15, -0.1) is 0 Å². The van der Waals surface area contributed by atoms with Crippen LogP contribution >= 0.6 is 0 Å². The van der Waals surface area contributed by atoms with Crippen molar-refractivity contribution in [3.63, 3.8) is 0 Å². The summed E-state index contributed by atoms with van der Waals surface area (Å²) in [6.45, 7) is 4.79. The molecule has 0 radical (unpaired) electrons. The second-order valence-corrected chi connectivity index (χ2v) is 18.1. The zero-order chi connectivity index (χ0) is 42.6. The van der Waals surface area contributed by atoms with Gasteiger partial charge in [-0.3, -0.25) is 0 Å². The van der Waals surface area contributed by atoms with Crippen molar-refractivity contribution in [1.82, 2.24) is 0 Å². The number of nitrogens with zero attached hydrogens (tertiary/aromatic N) is 2. The third kappa shape index (κ3) is 5.14. The summed E-state index contributed by atoms with van der Waals surface area (Å²) in [7, 11) is 0. The predicted octanol–water partition coefficient (Wildman–Crippen LogP) is 16.4. The van der Waals surface area contributed by atoms with Crippen LogP contribution in [0.25, 0.3) is 44.2 Å². The molecule has 2 aliphatic carbocycles. The van der Waals surface area contributed by atoms with Crippen LogP contribution in [0.15, 0.2) is 231 Å². The minimum absolute atomic E-state index is 0.209. The first-order valence-corrected chi connectivity index (χ1v) is 22.4. The van der Waals surface area contributed by atoms with E-state index in [0.717, 1.165) is 22.7 Å². The van der Waals surface area contributed by atoms with E-state index in [1.165, 1.54) is 88.9 Å². The number of hydrogen-bond donors (Lipinski definition) is 0. The molecule has 0 atom stereocenters. The highest BCUT2D eigenvalue weighted by Crippen LogP contribution is 2.64. The molecule has 64 heavy (non-hydrogen) atoms. The fourth-order valence-electron chi connectivity index (χ4n) is 11.5. The Balaban J connectivity index is 0.987. The maximum absolute atomic E-state index is 2.50. The first-order valence-electron chi connectivity index (χ1n) is 22.4. The summed E-state index contributed by atoms with van der Waals surface area (Å²) in [6.07, 6.45) is 0. The SMILES string of the molecule is CC1(C)c2cc(-c3ccc4ccccc4c3)ccc2-c2ccc(N(c3ccccc3)c3ccc4c(c3)C3(c5ccccc5-4)c4ccccc4N(c4ccccc4)c4ccccc43)cc21. The van der Waals surface area contributed by atoms with Crippen LogP contribution in [0, 0.1) is 0 Å². The van der Waals surface area contributed by atoms with Crippen LogP contribution in [-0.2, 0) is 10.8 Å². The molecule has 10 aromatic carbocycles. The zero-order valence-corrected chi connectivity index (χ0v) is 35.8. The summed E-state index contributed by atoms with van der Waals surface area (Å²) in [5.74, 6) is 0. The number of fused-ring (bicyclic) bond motifs is 13. The minimum atomic E-state index is -0.549. The van der Waals surface area contributed by atoms with Crippen LogP contribution in [0.4, 0.5) is 34.1 Å². The number of hydrogen-bond acceptors (Lipinski definition) is 2. The summed E-state index contributed by atoms with van der Waals surface area (Å²) < 4.78 is 0. The second-order valence-electron chi connectivity index (χ2n) is 18.1. The molecule has 0 fully saturated rings. The van der Waals surface area contributed by atoms with Gasteiger partial charge >= 0.3 is 0 Å². The minimum Gasteiger partial charge on any atom is -0.310 e. The molecule has 0 unspecified atom stereocenters. The molecular weight excluding hydrogens is 773 g/mol. The molecule has 0 amide bonds. The van der Waals surface area contributed by atoms with Gasteiger partial charge in [-0.1, -0.05) is 172 Å². The Bertz CT molecular complexity index is 3440. The molecule has 10 aromatic rings. The average molecular weight is 817 g/mol. The first-order chi connectivity index (χ1) is 31.5. The van der Waals surface area contributed by atoms with Crippen molar-refractivity contribution in [3.8, 4) is 33.4 Å². The summed E-state index contributed by atoms with van der Waals surface area (Å²) in [6, 6.07) is 85.8. The molecule has 1 heterocycles. The van der Waals surface area contributed by atoms with Crippen molar-refractivity contribution in [3.05, 3.63) is 264 Å². The van der Waals surface area contributed by atoms with Crippen molar-refractivity contribution in [1.29, 1.82) is 0 Å². The van der Waals surface area contributed by atoms with Gasteiger partial charge in [0, 0.05) is 28.2 Å². The van der Waals surface area contributed by atoms with Gasteiger partial charge in [-0.25, -0.2) is 0 Å². The van der Waals surface area contributed by atoms with E-state index in [1.807, 2.05) is 0 Å². The van der Waals surface area contributed by atoms with Crippen molar-refractivity contribution >= 4 is 44.9 Å². The molecule has 0 bridgehead atoms. The number of rotatable bonds is 5. The Labute approximate surface area is 375 Å². The monoisotopic (exact) mass is 816 g/mol. The molecule has 0 saturated heterocycles. The molecule has 2 heteroatoms. The zero-order valence-electron chi connectivity index (χ0n) is 35.8. The van der Waals surface area contributed by atoms with Crippen molar-refractivity contribution in [2.24, 2.45) is 0 Å². The molecule has 1 spiro atoms. The summed E-state index contributed by atoms with van der Waals surface area (Å²) in [4.78, 5) is 4.92. The van der Waals surface area contributed by atoms with Gasteiger partial charge in [0.2, 0.25) is 0 Å². The molecule has 1 aliphatic heterocycles. The van der Waals surface area contributed by atoms with Gasteiger partial charge in [0.15, 0.2) is 0 Å². The smallest absolute Gasteiger partial charge is 0.0755 e. The fraction of sp³-hybridized carbons (Fsp3) is 0.0645. The van der Waals surface area contributed by atoms with Crippen molar-refractivity contribution < 1.29 is 0 Å². The maximum Gasteiger partial charge on any atom is 0.0755 e. The molecular formula is C62H44N2. The normalized spacial score (nSPS) is 14.3. The Morgan fingerprint density at radius 1 is 0.328 bits per heavy atom. The lowest BCUT2D eigenvalue weighted by Gasteiger charge is -2.45. The lowest BCUT2D eigenvalue weighted by molar-refractivity contribution is 0.660. The highest BCUT2D eigenvalue weighted by atomic mass is 15.2. The Kier molecular flexibility index (Phi) is 7.90. The Morgan fingerprint density at radius 3 is 1.52 bits per heavy atom. The van der Waals surface area contributed by atoms with Crippen molar-refractivity contribution in [2.75, 3.05) is 9.80 Å². The quantitative estimate of drug-likeness (QED) is 0.171. The fourth-order valence-corrected chi connectivity index (χ4v) is 11.5. The molecule has 302 valence electrons. The molecule has 0 aromatic heterocycles.